The molecular formula is C16H24ClNO3. The minimum atomic E-state index is 0.187. The zero-order valence-electron chi connectivity index (χ0n) is 12.7. The molecule has 0 bridgehead atoms. The largest absolute Gasteiger partial charge is 0.489 e. The standard InChI is InChI=1S/C16H24ClNO3/c1-12-3-5-14(21-12)11-20-16-6-4-13(9-15(16)17)10-18-7-8-19-2/h4,6,9,12,14,18H,3,5,7-8,10-11H2,1-2H3. The normalized spacial score (nSPS) is 21.7. The van der Waals surface area contributed by atoms with Crippen LogP contribution in [0.5, 0.6) is 5.75 Å². The van der Waals surface area contributed by atoms with E-state index >= 15 is 0 Å². The van der Waals surface area contributed by atoms with Gasteiger partial charge in [-0.1, -0.05) is 17.7 Å². The van der Waals surface area contributed by atoms with Crippen LogP contribution in [0, 0.1) is 0 Å². The lowest BCUT2D eigenvalue weighted by Gasteiger charge is -2.14. The van der Waals surface area contributed by atoms with Crippen molar-refractivity contribution in [3.05, 3.63) is 28.8 Å². The lowest BCUT2D eigenvalue weighted by molar-refractivity contribution is 0.0265. The third kappa shape index (κ3) is 5.47. The van der Waals surface area contributed by atoms with Gasteiger partial charge < -0.3 is 19.5 Å². The molecule has 1 aromatic carbocycles. The van der Waals surface area contributed by atoms with Gasteiger partial charge in [0.2, 0.25) is 0 Å². The van der Waals surface area contributed by atoms with Crippen molar-refractivity contribution in [3.63, 3.8) is 0 Å². The highest BCUT2D eigenvalue weighted by Crippen LogP contribution is 2.27. The van der Waals surface area contributed by atoms with Gasteiger partial charge in [-0.25, -0.2) is 0 Å². The minimum absolute atomic E-state index is 0.187. The van der Waals surface area contributed by atoms with Crippen LogP contribution in [0.2, 0.25) is 5.02 Å². The smallest absolute Gasteiger partial charge is 0.138 e. The zero-order chi connectivity index (χ0) is 15.1. The highest BCUT2D eigenvalue weighted by Gasteiger charge is 2.22. The third-order valence-electron chi connectivity index (χ3n) is 3.55. The number of rotatable bonds is 8. The molecule has 1 heterocycles. The van der Waals surface area contributed by atoms with E-state index in [2.05, 4.69) is 12.2 Å². The second-order valence-electron chi connectivity index (χ2n) is 5.39. The molecule has 0 spiro atoms. The first-order valence-corrected chi connectivity index (χ1v) is 7.83. The molecule has 2 rings (SSSR count). The van der Waals surface area contributed by atoms with Crippen LogP contribution in [0.25, 0.3) is 0 Å². The predicted molar refractivity (Wildman–Crippen MR) is 84.1 cm³/mol. The van der Waals surface area contributed by atoms with Crippen LogP contribution in [0.3, 0.4) is 0 Å². The lowest BCUT2D eigenvalue weighted by atomic mass is 10.2. The minimum Gasteiger partial charge on any atom is -0.489 e. The maximum atomic E-state index is 6.27. The van der Waals surface area contributed by atoms with Crippen molar-refractivity contribution in [2.75, 3.05) is 26.9 Å². The number of halogens is 1. The van der Waals surface area contributed by atoms with Gasteiger partial charge in [-0.15, -0.1) is 0 Å². The van der Waals surface area contributed by atoms with Gasteiger partial charge in [0.15, 0.2) is 0 Å². The van der Waals surface area contributed by atoms with Crippen LogP contribution in [-0.4, -0.2) is 39.1 Å². The summed E-state index contributed by atoms with van der Waals surface area (Å²) in [5.74, 6) is 0.723. The van der Waals surface area contributed by atoms with E-state index in [1.807, 2.05) is 18.2 Å². The first-order valence-electron chi connectivity index (χ1n) is 7.45. The number of hydrogen-bond donors (Lipinski definition) is 1. The summed E-state index contributed by atoms with van der Waals surface area (Å²) >= 11 is 6.27. The molecule has 1 aromatic rings. The lowest BCUT2D eigenvalue weighted by Crippen LogP contribution is -2.19. The molecular weight excluding hydrogens is 290 g/mol. The maximum absolute atomic E-state index is 6.27. The Morgan fingerprint density at radius 2 is 2.24 bits per heavy atom. The van der Waals surface area contributed by atoms with E-state index in [-0.39, 0.29) is 6.10 Å². The number of methoxy groups -OCH3 is 1. The van der Waals surface area contributed by atoms with Crippen molar-refractivity contribution in [2.24, 2.45) is 0 Å². The summed E-state index contributed by atoms with van der Waals surface area (Å²) in [6.07, 6.45) is 2.69. The Bertz CT molecular complexity index is 442. The van der Waals surface area contributed by atoms with Crippen LogP contribution in [0.15, 0.2) is 18.2 Å². The third-order valence-corrected chi connectivity index (χ3v) is 3.85. The fraction of sp³-hybridized carbons (Fsp3) is 0.625. The Morgan fingerprint density at radius 1 is 1.38 bits per heavy atom. The SMILES string of the molecule is COCCNCc1ccc(OCC2CCC(C)O2)c(Cl)c1. The van der Waals surface area contributed by atoms with Crippen LogP contribution < -0.4 is 10.1 Å². The van der Waals surface area contributed by atoms with E-state index in [9.17, 15) is 0 Å². The molecule has 1 N–H and O–H groups in total. The van der Waals surface area contributed by atoms with Gasteiger partial charge in [0.25, 0.3) is 0 Å². The summed E-state index contributed by atoms with van der Waals surface area (Å²) in [4.78, 5) is 0. The molecule has 118 valence electrons. The predicted octanol–water partition coefficient (Wildman–Crippen LogP) is 3.02. The van der Waals surface area contributed by atoms with Gasteiger partial charge in [0.1, 0.15) is 12.4 Å². The van der Waals surface area contributed by atoms with Crippen molar-refractivity contribution in [3.8, 4) is 5.75 Å². The number of nitrogens with one attached hydrogen (secondary N) is 1. The van der Waals surface area contributed by atoms with E-state index in [4.69, 9.17) is 25.8 Å². The molecule has 2 unspecified atom stereocenters. The molecule has 1 aliphatic heterocycles. The Morgan fingerprint density at radius 3 is 2.90 bits per heavy atom. The van der Waals surface area contributed by atoms with E-state index in [1.165, 1.54) is 0 Å². The summed E-state index contributed by atoms with van der Waals surface area (Å²) in [6.45, 7) is 4.96. The van der Waals surface area contributed by atoms with Gasteiger partial charge in [-0.2, -0.15) is 0 Å². The summed E-state index contributed by atoms with van der Waals surface area (Å²) in [7, 11) is 1.69. The topological polar surface area (TPSA) is 39.7 Å². The fourth-order valence-corrected chi connectivity index (χ4v) is 2.63. The Kier molecular flexibility index (Phi) is 6.77. The fourth-order valence-electron chi connectivity index (χ4n) is 2.37. The van der Waals surface area contributed by atoms with Gasteiger partial charge in [0, 0.05) is 20.2 Å². The quantitative estimate of drug-likeness (QED) is 0.749. The van der Waals surface area contributed by atoms with Gasteiger partial charge in [-0.05, 0) is 37.5 Å². The molecule has 0 radical (unpaired) electrons. The molecule has 5 heteroatoms. The highest BCUT2D eigenvalue weighted by molar-refractivity contribution is 6.32. The summed E-state index contributed by atoms with van der Waals surface area (Å²) < 4.78 is 16.5. The van der Waals surface area contributed by atoms with Gasteiger partial charge in [0.05, 0.1) is 23.8 Å². The summed E-state index contributed by atoms with van der Waals surface area (Å²) in [5, 5.41) is 3.93. The van der Waals surface area contributed by atoms with Crippen LogP contribution >= 0.6 is 11.6 Å². The Hall–Kier alpha value is -0.810. The second kappa shape index (κ2) is 8.59. The molecule has 0 amide bonds. The molecule has 0 saturated carbocycles. The van der Waals surface area contributed by atoms with Gasteiger partial charge >= 0.3 is 0 Å². The molecule has 0 aromatic heterocycles. The van der Waals surface area contributed by atoms with Crippen LogP contribution in [0.1, 0.15) is 25.3 Å². The molecule has 4 nitrogen and oxygen atoms in total. The molecule has 2 atom stereocenters. The summed E-state index contributed by atoms with van der Waals surface area (Å²) in [6, 6.07) is 5.89. The van der Waals surface area contributed by atoms with E-state index in [1.54, 1.807) is 7.11 Å². The van der Waals surface area contributed by atoms with Crippen molar-refractivity contribution in [2.45, 2.75) is 38.5 Å². The van der Waals surface area contributed by atoms with Crippen molar-refractivity contribution in [1.29, 1.82) is 0 Å². The number of hydrogen-bond acceptors (Lipinski definition) is 4. The summed E-state index contributed by atoms with van der Waals surface area (Å²) in [5.41, 5.74) is 1.13. The van der Waals surface area contributed by atoms with Crippen LogP contribution in [0.4, 0.5) is 0 Å². The van der Waals surface area contributed by atoms with Crippen molar-refractivity contribution >= 4 is 11.6 Å². The number of benzene rings is 1. The first kappa shape index (κ1) is 16.6. The average molecular weight is 314 g/mol. The molecule has 1 saturated heterocycles. The number of ether oxygens (including phenoxy) is 3. The average Bonchev–Trinajstić information content (AvgIpc) is 2.88. The zero-order valence-corrected chi connectivity index (χ0v) is 13.5. The van der Waals surface area contributed by atoms with Crippen LogP contribution in [-0.2, 0) is 16.0 Å². The van der Waals surface area contributed by atoms with Gasteiger partial charge in [-0.3, -0.25) is 0 Å². The Balaban J connectivity index is 1.78. The van der Waals surface area contributed by atoms with E-state index < -0.39 is 0 Å². The second-order valence-corrected chi connectivity index (χ2v) is 5.80. The molecule has 1 aliphatic rings. The maximum Gasteiger partial charge on any atom is 0.138 e. The van der Waals surface area contributed by atoms with E-state index in [0.717, 1.165) is 37.2 Å². The van der Waals surface area contributed by atoms with Crippen molar-refractivity contribution in [1.82, 2.24) is 5.32 Å². The molecule has 0 aliphatic carbocycles. The molecule has 1 fully saturated rings. The first-order chi connectivity index (χ1) is 10.2. The highest BCUT2D eigenvalue weighted by atomic mass is 35.5. The molecule has 21 heavy (non-hydrogen) atoms. The Labute approximate surface area is 131 Å². The van der Waals surface area contributed by atoms with E-state index in [0.29, 0.717) is 24.3 Å². The monoisotopic (exact) mass is 313 g/mol. The van der Waals surface area contributed by atoms with Crippen molar-refractivity contribution < 1.29 is 14.2 Å².